The van der Waals surface area contributed by atoms with E-state index in [1.807, 2.05) is 12.1 Å². The van der Waals surface area contributed by atoms with Crippen molar-refractivity contribution >= 4 is 17.8 Å². The largest absolute Gasteiger partial charge is 0.351 e. The molecule has 154 valence electrons. The third-order valence-corrected chi connectivity index (χ3v) is 4.72. The molecule has 0 radical (unpaired) electrons. The Balaban J connectivity index is 1.57. The molecule has 0 atom stereocenters. The summed E-state index contributed by atoms with van der Waals surface area (Å²) in [7, 11) is 0. The first-order valence-corrected chi connectivity index (χ1v) is 9.86. The zero-order chi connectivity index (χ0) is 20.5. The Morgan fingerprint density at radius 1 is 0.966 bits per heavy atom. The van der Waals surface area contributed by atoms with Crippen LogP contribution in [0.25, 0.3) is 0 Å². The monoisotopic (exact) mass is 397 g/mol. The second-order valence-corrected chi connectivity index (χ2v) is 6.89. The van der Waals surface area contributed by atoms with Crippen LogP contribution in [0.4, 0.5) is 22.2 Å². The Morgan fingerprint density at radius 3 is 2.10 bits per heavy atom. The molecule has 3 N–H and O–H groups in total. The highest BCUT2D eigenvalue weighted by molar-refractivity contribution is 5.44. The minimum absolute atomic E-state index is 0.205. The average molecular weight is 398 g/mol. The Morgan fingerprint density at radius 2 is 1.55 bits per heavy atom. The van der Waals surface area contributed by atoms with Crippen LogP contribution in [0, 0.1) is 5.82 Å². The number of nitrogens with zero attached hydrogens (tertiary/aromatic N) is 4. The maximum absolute atomic E-state index is 13.0. The van der Waals surface area contributed by atoms with Crippen molar-refractivity contribution in [3.63, 3.8) is 0 Å². The lowest BCUT2D eigenvalue weighted by atomic mass is 10.0. The van der Waals surface area contributed by atoms with Gasteiger partial charge in [0.1, 0.15) is 5.82 Å². The van der Waals surface area contributed by atoms with Gasteiger partial charge in [0.15, 0.2) is 0 Å². The van der Waals surface area contributed by atoms with E-state index < -0.39 is 0 Å². The summed E-state index contributed by atoms with van der Waals surface area (Å²) in [6, 6.07) is 7.04. The van der Waals surface area contributed by atoms with Crippen molar-refractivity contribution in [2.45, 2.75) is 25.4 Å². The number of nitrogens with one attached hydrogen (secondary N) is 3. The smallest absolute Gasteiger partial charge is 0.231 e. The van der Waals surface area contributed by atoms with Gasteiger partial charge < -0.3 is 20.9 Å². The van der Waals surface area contributed by atoms with Crippen molar-refractivity contribution in [3.8, 4) is 0 Å². The molecule has 1 aromatic carbocycles. The number of piperidine rings is 1. The highest BCUT2D eigenvalue weighted by atomic mass is 19.1. The van der Waals surface area contributed by atoms with Gasteiger partial charge in [-0.1, -0.05) is 24.3 Å². The summed E-state index contributed by atoms with van der Waals surface area (Å²) in [4.78, 5) is 15.7. The maximum Gasteiger partial charge on any atom is 0.231 e. The number of benzene rings is 1. The van der Waals surface area contributed by atoms with Gasteiger partial charge in [-0.2, -0.15) is 15.0 Å². The van der Waals surface area contributed by atoms with E-state index in [2.05, 4.69) is 49.0 Å². The Bertz CT molecular complexity index is 771. The van der Waals surface area contributed by atoms with Crippen molar-refractivity contribution in [1.29, 1.82) is 0 Å². The molecule has 0 aliphatic carbocycles. The lowest BCUT2D eigenvalue weighted by Crippen LogP contribution is -2.43. The summed E-state index contributed by atoms with van der Waals surface area (Å²) in [5.74, 6) is 1.51. The van der Waals surface area contributed by atoms with E-state index in [1.165, 1.54) is 12.1 Å². The lowest BCUT2D eigenvalue weighted by molar-refractivity contribution is 0.411. The Hall–Kier alpha value is -3.00. The molecule has 2 aromatic rings. The topological polar surface area (TPSA) is 78.0 Å². The number of rotatable bonds is 10. The number of hydrogen-bond donors (Lipinski definition) is 3. The summed E-state index contributed by atoms with van der Waals surface area (Å²) in [5, 5.41) is 9.82. The van der Waals surface area contributed by atoms with Crippen molar-refractivity contribution in [3.05, 3.63) is 61.0 Å². The molecular formula is C21H28FN7. The number of hydrogen-bond acceptors (Lipinski definition) is 7. The fourth-order valence-corrected chi connectivity index (χ4v) is 3.14. The highest BCUT2D eigenvalue weighted by Gasteiger charge is 2.22. The van der Waals surface area contributed by atoms with Crippen LogP contribution in [0.3, 0.4) is 0 Å². The molecule has 1 aromatic heterocycles. The molecule has 1 aliphatic heterocycles. The van der Waals surface area contributed by atoms with E-state index >= 15 is 0 Å². The van der Waals surface area contributed by atoms with E-state index in [0.29, 0.717) is 37.0 Å². The average Bonchev–Trinajstić information content (AvgIpc) is 2.76. The summed E-state index contributed by atoms with van der Waals surface area (Å²) in [5.41, 5.74) is 1.09. The molecule has 0 unspecified atom stereocenters. The first kappa shape index (κ1) is 20.7. The fourth-order valence-electron chi connectivity index (χ4n) is 3.14. The SMILES string of the molecule is C=CCNc1nc(NCC=C)nc(N2CCC(NCc3ccc(F)cc3)CC2)n1. The van der Waals surface area contributed by atoms with E-state index in [4.69, 9.17) is 0 Å². The number of aromatic nitrogens is 3. The second kappa shape index (κ2) is 10.5. The van der Waals surface area contributed by atoms with Crippen LogP contribution in [-0.4, -0.2) is 47.2 Å². The molecule has 0 spiro atoms. The zero-order valence-electron chi connectivity index (χ0n) is 16.6. The molecule has 7 nitrogen and oxygen atoms in total. The second-order valence-electron chi connectivity index (χ2n) is 6.89. The molecular weight excluding hydrogens is 369 g/mol. The highest BCUT2D eigenvalue weighted by Crippen LogP contribution is 2.19. The molecule has 29 heavy (non-hydrogen) atoms. The molecule has 1 aliphatic rings. The van der Waals surface area contributed by atoms with Crippen molar-refractivity contribution in [1.82, 2.24) is 20.3 Å². The normalized spacial score (nSPS) is 14.4. The van der Waals surface area contributed by atoms with Gasteiger partial charge in [-0.05, 0) is 30.5 Å². The Labute approximate surface area is 171 Å². The maximum atomic E-state index is 13.0. The predicted octanol–water partition coefficient (Wildman–Crippen LogP) is 2.97. The van der Waals surface area contributed by atoms with Gasteiger partial charge >= 0.3 is 0 Å². The summed E-state index contributed by atoms with van der Waals surface area (Å²) in [6.45, 7) is 11.0. The molecule has 0 saturated carbocycles. The van der Waals surface area contributed by atoms with Gasteiger partial charge in [0.25, 0.3) is 0 Å². The van der Waals surface area contributed by atoms with Crippen LogP contribution in [0.1, 0.15) is 18.4 Å². The van der Waals surface area contributed by atoms with Crippen molar-refractivity contribution in [2.24, 2.45) is 0 Å². The molecule has 1 fully saturated rings. The minimum atomic E-state index is -0.205. The van der Waals surface area contributed by atoms with Gasteiger partial charge in [-0.15, -0.1) is 13.2 Å². The number of anilines is 3. The first-order valence-electron chi connectivity index (χ1n) is 9.86. The minimum Gasteiger partial charge on any atom is -0.351 e. The molecule has 3 rings (SSSR count). The lowest BCUT2D eigenvalue weighted by Gasteiger charge is -2.32. The Kier molecular flexibility index (Phi) is 7.52. The predicted molar refractivity (Wildman–Crippen MR) is 116 cm³/mol. The van der Waals surface area contributed by atoms with Crippen LogP contribution in [-0.2, 0) is 6.54 Å². The quantitative estimate of drug-likeness (QED) is 0.532. The van der Waals surface area contributed by atoms with Crippen LogP contribution in [0.2, 0.25) is 0 Å². The fraction of sp³-hybridized carbons (Fsp3) is 0.381. The van der Waals surface area contributed by atoms with Crippen molar-refractivity contribution in [2.75, 3.05) is 41.7 Å². The van der Waals surface area contributed by atoms with Gasteiger partial charge in [0.2, 0.25) is 17.8 Å². The van der Waals surface area contributed by atoms with Crippen LogP contribution >= 0.6 is 0 Å². The molecule has 0 amide bonds. The van der Waals surface area contributed by atoms with Crippen LogP contribution in [0.15, 0.2) is 49.6 Å². The van der Waals surface area contributed by atoms with Gasteiger partial charge in [0.05, 0.1) is 0 Å². The van der Waals surface area contributed by atoms with E-state index in [9.17, 15) is 4.39 Å². The standard InChI is InChI=1S/C21H28FN7/c1-3-11-23-19-26-20(24-12-4-2)28-21(27-19)29-13-9-18(10-14-29)25-15-16-5-7-17(22)8-6-16/h3-8,18,25H,1-2,9-15H2,(H2,23,24,26,27,28). The summed E-state index contributed by atoms with van der Waals surface area (Å²) < 4.78 is 13.0. The zero-order valence-corrected chi connectivity index (χ0v) is 16.6. The molecule has 0 bridgehead atoms. The van der Waals surface area contributed by atoms with Crippen LogP contribution < -0.4 is 20.9 Å². The van der Waals surface area contributed by atoms with Gasteiger partial charge in [-0.3, -0.25) is 0 Å². The van der Waals surface area contributed by atoms with E-state index in [0.717, 1.165) is 38.0 Å². The molecule has 8 heteroatoms. The summed E-state index contributed by atoms with van der Waals surface area (Å²) in [6.07, 6.45) is 5.49. The van der Waals surface area contributed by atoms with E-state index in [-0.39, 0.29) is 5.82 Å². The molecule has 1 saturated heterocycles. The van der Waals surface area contributed by atoms with E-state index in [1.54, 1.807) is 12.2 Å². The molecule has 2 heterocycles. The number of halogens is 1. The summed E-state index contributed by atoms with van der Waals surface area (Å²) >= 11 is 0. The third kappa shape index (κ3) is 6.25. The van der Waals surface area contributed by atoms with Gasteiger partial charge in [0, 0.05) is 38.8 Å². The van der Waals surface area contributed by atoms with Gasteiger partial charge in [-0.25, -0.2) is 4.39 Å². The third-order valence-electron chi connectivity index (χ3n) is 4.72. The van der Waals surface area contributed by atoms with Crippen molar-refractivity contribution < 1.29 is 4.39 Å². The van der Waals surface area contributed by atoms with Crippen LogP contribution in [0.5, 0.6) is 0 Å². The first-order chi connectivity index (χ1) is 14.2.